The van der Waals surface area contributed by atoms with Crippen molar-refractivity contribution >= 4 is 27.5 Å². The van der Waals surface area contributed by atoms with Crippen LogP contribution in [0.1, 0.15) is 27.4 Å². The number of aromatic nitrogens is 4. The molecule has 8 heteroatoms. The van der Waals surface area contributed by atoms with Gasteiger partial charge >= 0.3 is 0 Å². The van der Waals surface area contributed by atoms with E-state index in [0.717, 1.165) is 27.2 Å². The number of halogens is 1. The molecule has 0 radical (unpaired) electrons. The predicted molar refractivity (Wildman–Crippen MR) is 122 cm³/mol. The Balaban J connectivity index is 1.41. The molecular formula is C23H22BrN5O2. The van der Waals surface area contributed by atoms with Crippen molar-refractivity contribution in [3.63, 3.8) is 0 Å². The number of anilines is 1. The maximum atomic E-state index is 12.7. The molecule has 7 nitrogen and oxygen atoms in total. The fourth-order valence-electron chi connectivity index (χ4n) is 3.19. The highest BCUT2D eigenvalue weighted by atomic mass is 79.9. The van der Waals surface area contributed by atoms with Crippen LogP contribution >= 0.6 is 15.9 Å². The second-order valence-corrected chi connectivity index (χ2v) is 8.03. The summed E-state index contributed by atoms with van der Waals surface area (Å²) in [6.07, 6.45) is 1.71. The van der Waals surface area contributed by atoms with Gasteiger partial charge in [-0.1, -0.05) is 46.3 Å². The first-order valence-corrected chi connectivity index (χ1v) is 10.6. The van der Waals surface area contributed by atoms with Crippen LogP contribution in [0.15, 0.2) is 71.3 Å². The van der Waals surface area contributed by atoms with Crippen LogP contribution in [0.5, 0.6) is 5.75 Å². The first-order valence-electron chi connectivity index (χ1n) is 9.80. The summed E-state index contributed by atoms with van der Waals surface area (Å²) < 4.78 is 10.1. The summed E-state index contributed by atoms with van der Waals surface area (Å²) in [6.45, 7) is 4.69. The lowest BCUT2D eigenvalue weighted by atomic mass is 10.2. The molecule has 2 aromatic carbocycles. The molecule has 0 aliphatic rings. The van der Waals surface area contributed by atoms with Gasteiger partial charge in [-0.2, -0.15) is 10.2 Å². The molecule has 0 unspecified atom stereocenters. The molecule has 31 heavy (non-hydrogen) atoms. The van der Waals surface area contributed by atoms with Crippen LogP contribution in [0.25, 0.3) is 0 Å². The van der Waals surface area contributed by atoms with Crippen LogP contribution in [0.2, 0.25) is 0 Å². The Bertz CT molecular complexity index is 1180. The van der Waals surface area contributed by atoms with Gasteiger partial charge in [0.05, 0.1) is 23.6 Å². The number of rotatable bonds is 7. The minimum Gasteiger partial charge on any atom is -0.471 e. The van der Waals surface area contributed by atoms with Gasteiger partial charge in [-0.25, -0.2) is 4.68 Å². The number of carbonyl (C=O) groups excluding carboxylic acids is 1. The number of ether oxygens (including phenoxy) is 1. The Labute approximate surface area is 188 Å². The van der Waals surface area contributed by atoms with Crippen molar-refractivity contribution in [3.8, 4) is 5.75 Å². The number of benzene rings is 2. The third-order valence-electron chi connectivity index (χ3n) is 4.85. The fourth-order valence-corrected chi connectivity index (χ4v) is 3.46. The fraction of sp³-hybridized carbons (Fsp3) is 0.174. The monoisotopic (exact) mass is 479 g/mol. The summed E-state index contributed by atoms with van der Waals surface area (Å²) in [5.41, 5.74) is 3.83. The largest absolute Gasteiger partial charge is 0.471 e. The van der Waals surface area contributed by atoms with Gasteiger partial charge in [0.15, 0.2) is 12.4 Å². The van der Waals surface area contributed by atoms with E-state index in [9.17, 15) is 4.79 Å². The zero-order valence-corrected chi connectivity index (χ0v) is 18.8. The van der Waals surface area contributed by atoms with Crippen LogP contribution in [-0.4, -0.2) is 25.5 Å². The lowest BCUT2D eigenvalue weighted by Gasteiger charge is -2.07. The van der Waals surface area contributed by atoms with Crippen molar-refractivity contribution in [2.24, 2.45) is 0 Å². The van der Waals surface area contributed by atoms with Crippen molar-refractivity contribution < 1.29 is 9.53 Å². The minimum absolute atomic E-state index is 0.210. The third-order valence-corrected chi connectivity index (χ3v) is 5.37. The quantitative estimate of drug-likeness (QED) is 0.413. The van der Waals surface area contributed by atoms with Gasteiger partial charge in [0, 0.05) is 10.7 Å². The lowest BCUT2D eigenvalue weighted by Crippen LogP contribution is -2.15. The van der Waals surface area contributed by atoms with E-state index in [2.05, 4.69) is 43.6 Å². The summed E-state index contributed by atoms with van der Waals surface area (Å²) in [7, 11) is 0. The first-order chi connectivity index (χ1) is 15.0. The molecule has 2 aromatic heterocycles. The molecule has 0 fully saturated rings. The number of hydrogen-bond donors (Lipinski definition) is 1. The van der Waals surface area contributed by atoms with Crippen LogP contribution in [0, 0.1) is 13.8 Å². The predicted octanol–water partition coefficient (Wildman–Crippen LogP) is 4.80. The second-order valence-electron chi connectivity index (χ2n) is 7.11. The molecule has 0 atom stereocenters. The van der Waals surface area contributed by atoms with E-state index in [1.54, 1.807) is 16.9 Å². The third kappa shape index (κ3) is 5.03. The number of nitrogens with one attached hydrogen (secondary N) is 1. The summed E-state index contributed by atoms with van der Waals surface area (Å²) in [5, 5.41) is 11.8. The first kappa shape index (κ1) is 20.9. The summed E-state index contributed by atoms with van der Waals surface area (Å²) in [5.74, 6) is 0.439. The van der Waals surface area contributed by atoms with E-state index in [-0.39, 0.29) is 12.6 Å². The molecule has 4 aromatic rings. The maximum Gasteiger partial charge on any atom is 0.276 e. The minimum atomic E-state index is -0.284. The number of amides is 1. The van der Waals surface area contributed by atoms with Crippen molar-refractivity contribution in [1.29, 1.82) is 0 Å². The Morgan fingerprint density at radius 1 is 1.03 bits per heavy atom. The van der Waals surface area contributed by atoms with Crippen LogP contribution < -0.4 is 10.1 Å². The van der Waals surface area contributed by atoms with Crippen molar-refractivity contribution in [3.05, 3.63) is 94.0 Å². The molecule has 4 rings (SSSR count). The molecule has 1 amide bonds. The van der Waals surface area contributed by atoms with Gasteiger partial charge in [0.1, 0.15) is 5.75 Å². The number of hydrogen-bond acceptors (Lipinski definition) is 4. The van der Waals surface area contributed by atoms with E-state index in [4.69, 9.17) is 4.74 Å². The molecule has 2 heterocycles. The number of carbonyl (C=O) groups is 1. The lowest BCUT2D eigenvalue weighted by molar-refractivity contribution is 0.102. The molecule has 158 valence electrons. The molecule has 0 saturated carbocycles. The van der Waals surface area contributed by atoms with Crippen molar-refractivity contribution in [2.45, 2.75) is 27.1 Å². The van der Waals surface area contributed by atoms with E-state index in [1.807, 2.05) is 61.0 Å². The van der Waals surface area contributed by atoms with Crippen LogP contribution in [0.4, 0.5) is 5.69 Å². The molecule has 0 spiro atoms. The molecular weight excluding hydrogens is 458 g/mol. The topological polar surface area (TPSA) is 74.0 Å². The number of aryl methyl sites for hydroxylation is 1. The zero-order chi connectivity index (χ0) is 21.8. The highest BCUT2D eigenvalue weighted by Crippen LogP contribution is 2.21. The Kier molecular flexibility index (Phi) is 6.18. The van der Waals surface area contributed by atoms with Crippen LogP contribution in [0.3, 0.4) is 0 Å². The van der Waals surface area contributed by atoms with Crippen molar-refractivity contribution in [2.75, 3.05) is 5.32 Å². The molecule has 1 N–H and O–H groups in total. The van der Waals surface area contributed by atoms with E-state index >= 15 is 0 Å². The Hall–Kier alpha value is -3.39. The van der Waals surface area contributed by atoms with Gasteiger partial charge in [-0.05, 0) is 49.7 Å². The van der Waals surface area contributed by atoms with Gasteiger partial charge in [0.2, 0.25) is 0 Å². The molecule has 0 bridgehead atoms. The van der Waals surface area contributed by atoms with Gasteiger partial charge in [0.25, 0.3) is 5.91 Å². The summed E-state index contributed by atoms with van der Waals surface area (Å²) in [6, 6.07) is 19.3. The molecule has 0 saturated heterocycles. The van der Waals surface area contributed by atoms with E-state index < -0.39 is 0 Å². The number of nitrogens with zero attached hydrogens (tertiary/aromatic N) is 4. The maximum absolute atomic E-state index is 12.7. The second kappa shape index (κ2) is 9.18. The Morgan fingerprint density at radius 3 is 2.52 bits per heavy atom. The van der Waals surface area contributed by atoms with E-state index in [1.165, 1.54) is 0 Å². The standard InChI is InChI=1S/C23H22BrN5O2/c1-16-22(17(2)29(26-16)14-18-6-4-3-5-7-18)25-23(30)21-12-13-28(27-21)15-31-20-10-8-19(24)9-11-20/h3-13H,14-15H2,1-2H3,(H,25,30). The van der Waals surface area contributed by atoms with E-state index in [0.29, 0.717) is 17.9 Å². The van der Waals surface area contributed by atoms with Crippen molar-refractivity contribution in [1.82, 2.24) is 19.6 Å². The summed E-state index contributed by atoms with van der Waals surface area (Å²) in [4.78, 5) is 12.7. The summed E-state index contributed by atoms with van der Waals surface area (Å²) >= 11 is 3.39. The SMILES string of the molecule is Cc1nn(Cc2ccccc2)c(C)c1NC(=O)c1ccn(COc2ccc(Br)cc2)n1. The highest BCUT2D eigenvalue weighted by Gasteiger charge is 2.17. The highest BCUT2D eigenvalue weighted by molar-refractivity contribution is 9.10. The van der Waals surface area contributed by atoms with Crippen LogP contribution in [-0.2, 0) is 13.3 Å². The normalized spacial score (nSPS) is 10.8. The Morgan fingerprint density at radius 2 is 1.77 bits per heavy atom. The van der Waals surface area contributed by atoms with Gasteiger partial charge in [-0.15, -0.1) is 0 Å². The zero-order valence-electron chi connectivity index (χ0n) is 17.2. The smallest absolute Gasteiger partial charge is 0.276 e. The van der Waals surface area contributed by atoms with Gasteiger partial charge in [-0.3, -0.25) is 9.48 Å². The average Bonchev–Trinajstić information content (AvgIpc) is 3.35. The molecule has 0 aliphatic heterocycles. The average molecular weight is 480 g/mol. The van der Waals surface area contributed by atoms with Gasteiger partial charge < -0.3 is 10.1 Å². The molecule has 0 aliphatic carbocycles.